The number of benzene rings is 1. The van der Waals surface area contributed by atoms with Crippen LogP contribution in [0.5, 0.6) is 0 Å². The average Bonchev–Trinajstić information content (AvgIpc) is 2.88. The monoisotopic (exact) mass is 477 g/mol. The van der Waals surface area contributed by atoms with E-state index >= 15 is 0 Å². The number of aryl methyl sites for hydroxylation is 1. The van der Waals surface area contributed by atoms with Crippen molar-refractivity contribution in [3.8, 4) is 0 Å². The van der Waals surface area contributed by atoms with Crippen molar-refractivity contribution in [3.63, 3.8) is 0 Å². The van der Waals surface area contributed by atoms with Gasteiger partial charge >= 0.3 is 0 Å². The van der Waals surface area contributed by atoms with E-state index in [-0.39, 0.29) is 12.1 Å². The maximum Gasteiger partial charge on any atom is 0.256 e. The summed E-state index contributed by atoms with van der Waals surface area (Å²) in [6.07, 6.45) is 4.56. The number of hydrogen-bond donors (Lipinski definition) is 2. The van der Waals surface area contributed by atoms with Crippen molar-refractivity contribution in [3.05, 3.63) is 47.8 Å². The molecule has 2 aliphatic heterocycles. The summed E-state index contributed by atoms with van der Waals surface area (Å²) in [4.78, 5) is 37.9. The molecule has 1 saturated heterocycles. The molecule has 4 rings (SSSR count). The largest absolute Gasteiger partial charge is 0.338 e. The molecule has 0 spiro atoms. The van der Waals surface area contributed by atoms with Gasteiger partial charge in [-0.2, -0.15) is 15.0 Å². The Morgan fingerprint density at radius 2 is 1.86 bits per heavy atom. The number of aromatic nitrogens is 3. The number of amides is 1. The number of hydrogen-bond acceptors (Lipinski definition) is 9. The van der Waals surface area contributed by atoms with Gasteiger partial charge in [0, 0.05) is 64.0 Å². The topological polar surface area (TPSA) is 102 Å². The first-order valence-electron chi connectivity index (χ1n) is 12.2. The highest BCUT2D eigenvalue weighted by atomic mass is 16.1. The van der Waals surface area contributed by atoms with Crippen molar-refractivity contribution in [1.82, 2.24) is 24.8 Å². The lowest BCUT2D eigenvalue weighted by Crippen LogP contribution is -2.48. The second kappa shape index (κ2) is 11.9. The summed E-state index contributed by atoms with van der Waals surface area (Å²) in [6.45, 7) is 7.95. The zero-order chi connectivity index (χ0) is 24.6. The molecule has 0 aliphatic carbocycles. The summed E-state index contributed by atoms with van der Waals surface area (Å²) >= 11 is 0. The van der Waals surface area contributed by atoms with Crippen LogP contribution in [0.1, 0.15) is 19.2 Å². The number of para-hydroxylation sites is 1. The van der Waals surface area contributed by atoms with Gasteiger partial charge in [0.15, 0.2) is 0 Å². The molecule has 0 saturated carbocycles. The lowest BCUT2D eigenvalue weighted by Gasteiger charge is -2.35. The number of rotatable bonds is 9. The van der Waals surface area contributed by atoms with E-state index in [4.69, 9.17) is 4.98 Å². The van der Waals surface area contributed by atoms with E-state index in [9.17, 15) is 4.79 Å². The van der Waals surface area contributed by atoms with Gasteiger partial charge in [-0.05, 0) is 26.2 Å². The molecule has 1 unspecified atom stereocenters. The van der Waals surface area contributed by atoms with Gasteiger partial charge in [-0.25, -0.2) is 0 Å². The highest BCUT2D eigenvalue weighted by Crippen LogP contribution is 2.17. The third-order valence-electron chi connectivity index (χ3n) is 6.05. The van der Waals surface area contributed by atoms with Crippen LogP contribution in [0.2, 0.25) is 0 Å². The van der Waals surface area contributed by atoms with Gasteiger partial charge < -0.3 is 20.4 Å². The van der Waals surface area contributed by atoms with E-state index in [1.807, 2.05) is 43.3 Å². The highest BCUT2D eigenvalue weighted by molar-refractivity contribution is 6.18. The molecule has 0 bridgehead atoms. The van der Waals surface area contributed by atoms with E-state index in [1.54, 1.807) is 6.21 Å². The SMILES string of the molecule is CCc1nc(NC2CC=C(C(=O)Nc3ccccc3)C=N2)nc(N2CCN(CCN(C)C)CC2)n1. The number of dihydropyridines is 1. The molecule has 2 aliphatic rings. The fourth-order valence-corrected chi connectivity index (χ4v) is 3.93. The number of aliphatic imine (C=N–C) groups is 1. The number of carbonyl (C=O) groups is 1. The Labute approximate surface area is 207 Å². The van der Waals surface area contributed by atoms with Crippen LogP contribution in [-0.2, 0) is 11.2 Å². The maximum absolute atomic E-state index is 12.5. The predicted molar refractivity (Wildman–Crippen MR) is 140 cm³/mol. The van der Waals surface area contributed by atoms with Crippen LogP contribution in [0.3, 0.4) is 0 Å². The molecule has 1 aromatic heterocycles. The van der Waals surface area contributed by atoms with Crippen molar-refractivity contribution >= 4 is 29.7 Å². The lowest BCUT2D eigenvalue weighted by molar-refractivity contribution is -0.112. The van der Waals surface area contributed by atoms with E-state index in [1.165, 1.54) is 0 Å². The summed E-state index contributed by atoms with van der Waals surface area (Å²) in [6, 6.07) is 9.40. The van der Waals surface area contributed by atoms with Gasteiger partial charge in [0.25, 0.3) is 5.91 Å². The summed E-state index contributed by atoms with van der Waals surface area (Å²) < 4.78 is 0. The van der Waals surface area contributed by atoms with Crippen molar-refractivity contribution < 1.29 is 4.79 Å². The zero-order valence-electron chi connectivity index (χ0n) is 20.8. The van der Waals surface area contributed by atoms with Crippen LogP contribution in [0.15, 0.2) is 47.0 Å². The summed E-state index contributed by atoms with van der Waals surface area (Å²) in [7, 11) is 4.21. The molecular formula is C25H35N9O. The Bertz CT molecular complexity index is 1050. The van der Waals surface area contributed by atoms with Crippen LogP contribution in [0.4, 0.5) is 17.6 Å². The molecule has 3 heterocycles. The van der Waals surface area contributed by atoms with Crippen molar-refractivity contribution in [1.29, 1.82) is 0 Å². The van der Waals surface area contributed by atoms with Crippen LogP contribution < -0.4 is 15.5 Å². The summed E-state index contributed by atoms with van der Waals surface area (Å²) in [5.74, 6) is 1.82. The smallest absolute Gasteiger partial charge is 0.256 e. The standard InChI is InChI=1S/C25H35N9O/c1-4-21-28-24(31-25(30-21)34-16-14-33(15-17-34)13-12-32(2)3)29-22-11-10-19(18-26-22)23(35)27-20-8-6-5-7-9-20/h5-10,18,22H,4,11-17H2,1-3H3,(H,27,35)(H,28,29,30,31). The molecule has 10 heteroatoms. The van der Waals surface area contributed by atoms with Gasteiger partial charge in [0.05, 0.1) is 5.57 Å². The number of piperazine rings is 1. The molecule has 186 valence electrons. The molecule has 35 heavy (non-hydrogen) atoms. The van der Waals surface area contributed by atoms with E-state index < -0.39 is 0 Å². The number of nitrogens with one attached hydrogen (secondary N) is 2. The Hall–Kier alpha value is -3.37. The van der Waals surface area contributed by atoms with Crippen molar-refractivity contribution in [2.75, 3.05) is 68.9 Å². The molecule has 1 amide bonds. The third-order valence-corrected chi connectivity index (χ3v) is 6.05. The van der Waals surface area contributed by atoms with Gasteiger partial charge in [-0.1, -0.05) is 31.2 Å². The Balaban J connectivity index is 1.34. The van der Waals surface area contributed by atoms with Gasteiger partial charge in [0.2, 0.25) is 11.9 Å². The minimum Gasteiger partial charge on any atom is -0.338 e. The second-order valence-electron chi connectivity index (χ2n) is 9.01. The first kappa shape index (κ1) is 24.7. The van der Waals surface area contributed by atoms with Gasteiger partial charge in [-0.3, -0.25) is 14.7 Å². The zero-order valence-corrected chi connectivity index (χ0v) is 20.8. The molecule has 2 aromatic rings. The van der Waals surface area contributed by atoms with E-state index in [2.05, 4.69) is 54.4 Å². The Morgan fingerprint density at radius 3 is 2.51 bits per heavy atom. The average molecular weight is 478 g/mol. The predicted octanol–water partition coefficient (Wildman–Crippen LogP) is 1.90. The summed E-state index contributed by atoms with van der Waals surface area (Å²) in [5, 5.41) is 6.20. The molecule has 1 aromatic carbocycles. The number of likely N-dealkylation sites (N-methyl/N-ethyl adjacent to an activating group) is 1. The van der Waals surface area contributed by atoms with Crippen molar-refractivity contribution in [2.24, 2.45) is 4.99 Å². The first-order chi connectivity index (χ1) is 17.0. The number of carbonyl (C=O) groups excluding carboxylic acids is 1. The Kier molecular flexibility index (Phi) is 8.38. The Morgan fingerprint density at radius 1 is 1.09 bits per heavy atom. The third kappa shape index (κ3) is 7.06. The quantitative estimate of drug-likeness (QED) is 0.565. The second-order valence-corrected chi connectivity index (χ2v) is 9.01. The first-order valence-corrected chi connectivity index (χ1v) is 12.2. The van der Waals surface area contributed by atoms with E-state index in [0.717, 1.165) is 57.2 Å². The molecule has 1 fully saturated rings. The molecule has 0 radical (unpaired) electrons. The van der Waals surface area contributed by atoms with Gasteiger partial charge in [0.1, 0.15) is 12.0 Å². The molecule has 1 atom stereocenters. The minimum absolute atomic E-state index is 0.168. The molecular weight excluding hydrogens is 442 g/mol. The fraction of sp³-hybridized carbons (Fsp3) is 0.480. The van der Waals surface area contributed by atoms with Crippen molar-refractivity contribution in [2.45, 2.75) is 25.9 Å². The summed E-state index contributed by atoms with van der Waals surface area (Å²) in [5.41, 5.74) is 1.31. The van der Waals surface area contributed by atoms with Crippen LogP contribution >= 0.6 is 0 Å². The van der Waals surface area contributed by atoms with Crippen LogP contribution in [0.25, 0.3) is 0 Å². The van der Waals surface area contributed by atoms with Gasteiger partial charge in [-0.15, -0.1) is 0 Å². The fourth-order valence-electron chi connectivity index (χ4n) is 3.93. The molecule has 2 N–H and O–H groups in total. The lowest BCUT2D eigenvalue weighted by atomic mass is 10.1. The number of nitrogens with zero attached hydrogens (tertiary/aromatic N) is 7. The highest BCUT2D eigenvalue weighted by Gasteiger charge is 2.21. The molecule has 10 nitrogen and oxygen atoms in total. The van der Waals surface area contributed by atoms with Crippen LogP contribution in [-0.4, -0.2) is 96.4 Å². The van der Waals surface area contributed by atoms with E-state index in [0.29, 0.717) is 23.9 Å². The maximum atomic E-state index is 12.5. The normalized spacial score (nSPS) is 18.5. The van der Waals surface area contributed by atoms with Crippen LogP contribution in [0, 0.1) is 0 Å². The number of anilines is 3. The minimum atomic E-state index is -0.230.